The predicted molar refractivity (Wildman–Crippen MR) is 120 cm³/mol. The zero-order valence-corrected chi connectivity index (χ0v) is 18.5. The van der Waals surface area contributed by atoms with Crippen LogP contribution < -0.4 is 0 Å². The summed E-state index contributed by atoms with van der Waals surface area (Å²) in [6.07, 6.45) is 0.861. The van der Waals surface area contributed by atoms with Crippen molar-refractivity contribution >= 4 is 17.5 Å². The first kappa shape index (κ1) is 19.6. The molecule has 0 unspecified atom stereocenters. The fraction of sp³-hybridized carbons (Fsp3) is 0.292. The summed E-state index contributed by atoms with van der Waals surface area (Å²) in [5, 5.41) is 5.50. The van der Waals surface area contributed by atoms with Crippen LogP contribution in [0.5, 0.6) is 0 Å². The minimum Gasteiger partial charge on any atom is -0.216 e. The third-order valence-corrected chi connectivity index (χ3v) is 6.30. The fourth-order valence-electron chi connectivity index (χ4n) is 3.52. The van der Waals surface area contributed by atoms with Crippen molar-refractivity contribution in [1.29, 1.82) is 0 Å². The van der Waals surface area contributed by atoms with E-state index >= 15 is 0 Å². The van der Waals surface area contributed by atoms with Crippen LogP contribution in [0, 0.1) is 34.6 Å². The second-order valence-electron chi connectivity index (χ2n) is 7.75. The maximum absolute atomic E-state index is 4.75. The Morgan fingerprint density at radius 1 is 0.862 bits per heavy atom. The summed E-state index contributed by atoms with van der Waals surface area (Å²) in [6.45, 7) is 10.6. The first-order chi connectivity index (χ1) is 13.9. The van der Waals surface area contributed by atoms with Gasteiger partial charge in [-0.05, 0) is 56.9 Å². The normalized spacial score (nSPS) is 11.3. The molecule has 0 amide bonds. The maximum Gasteiger partial charge on any atom is 0.253 e. The Bertz CT molecular complexity index is 1180. The highest BCUT2D eigenvalue weighted by atomic mass is 32.2. The fourth-order valence-corrected chi connectivity index (χ4v) is 4.29. The van der Waals surface area contributed by atoms with Crippen LogP contribution in [-0.4, -0.2) is 19.6 Å². The van der Waals surface area contributed by atoms with Crippen molar-refractivity contribution in [1.82, 2.24) is 19.6 Å². The molecule has 2 aromatic heterocycles. The summed E-state index contributed by atoms with van der Waals surface area (Å²) in [5.41, 5.74) is 9.85. The number of thioether (sulfide) groups is 1. The van der Waals surface area contributed by atoms with Gasteiger partial charge >= 0.3 is 0 Å². The largest absolute Gasteiger partial charge is 0.253 e. The average molecular weight is 403 g/mol. The Labute approximate surface area is 176 Å². The van der Waals surface area contributed by atoms with Gasteiger partial charge in [-0.1, -0.05) is 65.4 Å². The van der Waals surface area contributed by atoms with Gasteiger partial charge in [0.05, 0.1) is 0 Å². The average Bonchev–Trinajstić information content (AvgIpc) is 3.10. The molecule has 0 fully saturated rings. The van der Waals surface area contributed by atoms with Gasteiger partial charge in [0, 0.05) is 23.6 Å². The minimum atomic E-state index is 0.677. The van der Waals surface area contributed by atoms with E-state index in [4.69, 9.17) is 10.1 Å². The molecule has 0 radical (unpaired) electrons. The Balaban J connectivity index is 1.62. The number of aromatic nitrogens is 4. The Morgan fingerprint density at radius 2 is 1.59 bits per heavy atom. The lowest BCUT2D eigenvalue weighted by Gasteiger charge is -2.12. The monoisotopic (exact) mass is 402 g/mol. The second-order valence-corrected chi connectivity index (χ2v) is 8.69. The first-order valence-corrected chi connectivity index (χ1v) is 10.9. The summed E-state index contributed by atoms with van der Waals surface area (Å²) in [6, 6.07) is 15.2. The molecule has 4 aromatic rings. The van der Waals surface area contributed by atoms with E-state index in [1.807, 2.05) is 4.52 Å². The molecule has 5 heteroatoms. The molecule has 0 saturated heterocycles. The highest BCUT2D eigenvalue weighted by molar-refractivity contribution is 7.98. The Morgan fingerprint density at radius 3 is 2.34 bits per heavy atom. The van der Waals surface area contributed by atoms with E-state index in [0.29, 0.717) is 5.78 Å². The van der Waals surface area contributed by atoms with E-state index in [1.165, 1.54) is 33.4 Å². The van der Waals surface area contributed by atoms with Gasteiger partial charge < -0.3 is 0 Å². The number of hydrogen-bond acceptors (Lipinski definition) is 4. The van der Waals surface area contributed by atoms with Gasteiger partial charge in [-0.3, -0.25) is 0 Å². The van der Waals surface area contributed by atoms with Gasteiger partial charge in [0.25, 0.3) is 5.78 Å². The quantitative estimate of drug-likeness (QED) is 0.411. The highest BCUT2D eigenvalue weighted by Crippen LogP contribution is 2.24. The number of rotatable bonds is 5. The van der Waals surface area contributed by atoms with E-state index in [0.717, 1.165) is 28.7 Å². The molecule has 0 aliphatic heterocycles. The number of fused-ring (bicyclic) bond motifs is 1. The van der Waals surface area contributed by atoms with Gasteiger partial charge in [0.2, 0.25) is 5.16 Å². The molecule has 0 spiro atoms. The number of hydrogen-bond donors (Lipinski definition) is 0. The Kier molecular flexibility index (Phi) is 5.41. The number of aryl methyl sites for hydroxylation is 5. The topological polar surface area (TPSA) is 43.1 Å². The van der Waals surface area contributed by atoms with Crippen LogP contribution in [0.15, 0.2) is 47.6 Å². The van der Waals surface area contributed by atoms with Crippen molar-refractivity contribution in [3.63, 3.8) is 0 Å². The number of nitrogens with zero attached hydrogens (tertiary/aromatic N) is 4. The molecule has 0 saturated carbocycles. The van der Waals surface area contributed by atoms with Gasteiger partial charge in [-0.15, -0.1) is 5.10 Å². The van der Waals surface area contributed by atoms with Crippen molar-refractivity contribution in [3.8, 4) is 0 Å². The third-order valence-electron chi connectivity index (χ3n) is 5.39. The van der Waals surface area contributed by atoms with E-state index in [2.05, 4.69) is 82.1 Å². The summed E-state index contributed by atoms with van der Waals surface area (Å²) >= 11 is 1.65. The van der Waals surface area contributed by atoms with Crippen LogP contribution in [0.2, 0.25) is 0 Å². The lowest BCUT2D eigenvalue weighted by atomic mass is 9.97. The van der Waals surface area contributed by atoms with Crippen LogP contribution in [0.4, 0.5) is 0 Å². The van der Waals surface area contributed by atoms with Crippen LogP contribution in [0.3, 0.4) is 0 Å². The van der Waals surface area contributed by atoms with E-state index in [1.54, 1.807) is 11.8 Å². The van der Waals surface area contributed by atoms with Gasteiger partial charge in [-0.25, -0.2) is 9.50 Å². The van der Waals surface area contributed by atoms with E-state index in [-0.39, 0.29) is 0 Å². The lowest BCUT2D eigenvalue weighted by molar-refractivity contribution is 0.823. The van der Waals surface area contributed by atoms with Crippen LogP contribution in [0.25, 0.3) is 5.78 Å². The SMILES string of the molecule is Cc1ccc(CSc2nc3nc(C)c(Cc4cc(C)ccc4C)c(C)n3n2)cc1. The minimum absolute atomic E-state index is 0.677. The zero-order valence-electron chi connectivity index (χ0n) is 17.7. The van der Waals surface area contributed by atoms with E-state index in [9.17, 15) is 0 Å². The molecule has 0 aliphatic carbocycles. The molecule has 0 N–H and O–H groups in total. The smallest absolute Gasteiger partial charge is 0.216 e. The predicted octanol–water partition coefficient (Wildman–Crippen LogP) is 5.55. The van der Waals surface area contributed by atoms with Gasteiger partial charge in [-0.2, -0.15) is 4.98 Å². The molecule has 0 atom stereocenters. The van der Waals surface area contributed by atoms with Crippen LogP contribution in [-0.2, 0) is 12.2 Å². The molecule has 2 aromatic carbocycles. The van der Waals surface area contributed by atoms with Crippen molar-refractivity contribution in [2.45, 2.75) is 51.9 Å². The maximum atomic E-state index is 4.75. The van der Waals surface area contributed by atoms with Crippen LogP contribution >= 0.6 is 11.8 Å². The summed E-state index contributed by atoms with van der Waals surface area (Å²) in [7, 11) is 0. The molecule has 29 heavy (non-hydrogen) atoms. The molecule has 148 valence electrons. The van der Waals surface area contributed by atoms with Crippen molar-refractivity contribution in [2.24, 2.45) is 0 Å². The van der Waals surface area contributed by atoms with Crippen LogP contribution in [0.1, 0.15) is 44.8 Å². The summed E-state index contributed by atoms with van der Waals surface area (Å²) < 4.78 is 1.89. The zero-order chi connectivity index (χ0) is 20.5. The van der Waals surface area contributed by atoms with E-state index < -0.39 is 0 Å². The van der Waals surface area contributed by atoms with Gasteiger partial charge in [0.1, 0.15) is 0 Å². The molecule has 4 nitrogen and oxygen atoms in total. The standard InChI is InChI=1S/C24H26N4S/c1-15-7-10-20(11-8-15)14-29-24-26-23-25-18(4)22(19(5)28(23)27-24)13-21-12-16(2)6-9-17(21)3/h6-12H,13-14H2,1-5H3. The highest BCUT2D eigenvalue weighted by Gasteiger charge is 2.15. The van der Waals surface area contributed by atoms with Crippen molar-refractivity contribution in [2.75, 3.05) is 0 Å². The molecule has 0 aliphatic rings. The molecular formula is C24H26N4S. The number of benzene rings is 2. The Hall–Kier alpha value is -2.66. The molecule has 0 bridgehead atoms. The molecule has 2 heterocycles. The molecular weight excluding hydrogens is 376 g/mol. The summed E-state index contributed by atoms with van der Waals surface area (Å²) in [5.74, 6) is 1.53. The van der Waals surface area contributed by atoms with Crippen molar-refractivity contribution < 1.29 is 0 Å². The lowest BCUT2D eigenvalue weighted by Crippen LogP contribution is -2.07. The van der Waals surface area contributed by atoms with Gasteiger partial charge in [0.15, 0.2) is 0 Å². The first-order valence-electron chi connectivity index (χ1n) is 9.88. The summed E-state index contributed by atoms with van der Waals surface area (Å²) in [4.78, 5) is 9.40. The second kappa shape index (κ2) is 7.99. The molecule has 4 rings (SSSR count). The van der Waals surface area contributed by atoms with Crippen molar-refractivity contribution in [3.05, 3.63) is 87.2 Å². The third kappa shape index (κ3) is 4.20.